The summed E-state index contributed by atoms with van der Waals surface area (Å²) < 4.78 is 1.52. The van der Waals surface area contributed by atoms with Crippen LogP contribution in [0.4, 0.5) is 5.69 Å². The van der Waals surface area contributed by atoms with Crippen molar-refractivity contribution >= 4 is 11.6 Å². The second kappa shape index (κ2) is 6.39. The monoisotopic (exact) mass is 311 g/mol. The fourth-order valence-electron chi connectivity index (χ4n) is 2.22. The van der Waals surface area contributed by atoms with Gasteiger partial charge in [0.15, 0.2) is 5.69 Å². The highest BCUT2D eigenvalue weighted by atomic mass is 16.1. The SMILES string of the molecule is CC(C)Cc1cc(C(=O)Nc2cccc(-n3cnnn3)c2)n[nH]1. The maximum absolute atomic E-state index is 12.3. The molecule has 0 aliphatic rings. The second-order valence-electron chi connectivity index (χ2n) is 5.64. The first kappa shape index (κ1) is 14.9. The highest BCUT2D eigenvalue weighted by Gasteiger charge is 2.12. The number of benzene rings is 1. The fraction of sp³-hybridized carbons (Fsp3) is 0.267. The lowest BCUT2D eigenvalue weighted by atomic mass is 10.1. The summed E-state index contributed by atoms with van der Waals surface area (Å²) >= 11 is 0. The van der Waals surface area contributed by atoms with Gasteiger partial charge in [0.25, 0.3) is 5.91 Å². The molecule has 3 aromatic rings. The summed E-state index contributed by atoms with van der Waals surface area (Å²) in [4.78, 5) is 12.3. The molecule has 0 saturated heterocycles. The molecule has 3 rings (SSSR count). The van der Waals surface area contributed by atoms with Gasteiger partial charge in [0.2, 0.25) is 0 Å². The van der Waals surface area contributed by atoms with Crippen LogP contribution in [0, 0.1) is 5.92 Å². The highest BCUT2D eigenvalue weighted by Crippen LogP contribution is 2.15. The number of aromatic nitrogens is 6. The van der Waals surface area contributed by atoms with E-state index in [9.17, 15) is 4.79 Å². The van der Waals surface area contributed by atoms with Crippen molar-refractivity contribution < 1.29 is 4.79 Å². The van der Waals surface area contributed by atoms with Gasteiger partial charge in [-0.15, -0.1) is 5.10 Å². The molecule has 1 amide bonds. The Morgan fingerprint density at radius 3 is 2.96 bits per heavy atom. The Kier molecular flexibility index (Phi) is 4.13. The van der Waals surface area contributed by atoms with Crippen molar-refractivity contribution in [3.8, 4) is 5.69 Å². The van der Waals surface area contributed by atoms with E-state index in [1.54, 1.807) is 18.2 Å². The van der Waals surface area contributed by atoms with Crippen LogP contribution in [0.1, 0.15) is 30.0 Å². The number of rotatable bonds is 5. The molecule has 0 fully saturated rings. The summed E-state index contributed by atoms with van der Waals surface area (Å²) in [6, 6.07) is 9.03. The summed E-state index contributed by atoms with van der Waals surface area (Å²) in [6.45, 7) is 4.23. The molecule has 0 atom stereocenters. The number of hydrogen-bond donors (Lipinski definition) is 2. The molecule has 0 aliphatic carbocycles. The largest absolute Gasteiger partial charge is 0.321 e. The van der Waals surface area contributed by atoms with Crippen molar-refractivity contribution in [2.75, 3.05) is 5.32 Å². The normalized spacial score (nSPS) is 10.9. The third-order valence-corrected chi connectivity index (χ3v) is 3.21. The lowest BCUT2D eigenvalue weighted by Gasteiger charge is -2.05. The third kappa shape index (κ3) is 3.60. The quantitative estimate of drug-likeness (QED) is 0.748. The van der Waals surface area contributed by atoms with E-state index >= 15 is 0 Å². The molecule has 8 nitrogen and oxygen atoms in total. The van der Waals surface area contributed by atoms with Crippen molar-refractivity contribution in [1.29, 1.82) is 0 Å². The number of anilines is 1. The standard InChI is InChI=1S/C15H17N7O/c1-10(2)6-12-8-14(19-18-12)15(23)17-11-4-3-5-13(7-11)22-9-16-20-21-22/h3-5,7-10H,6H2,1-2H3,(H,17,23)(H,18,19). The van der Waals surface area contributed by atoms with Crippen molar-refractivity contribution in [2.45, 2.75) is 20.3 Å². The van der Waals surface area contributed by atoms with Crippen molar-refractivity contribution in [2.24, 2.45) is 5.92 Å². The van der Waals surface area contributed by atoms with Gasteiger partial charge in [-0.05, 0) is 47.0 Å². The Morgan fingerprint density at radius 2 is 2.22 bits per heavy atom. The Balaban J connectivity index is 1.73. The molecule has 118 valence electrons. The molecule has 2 N–H and O–H groups in total. The molecule has 2 heterocycles. The van der Waals surface area contributed by atoms with Crippen LogP contribution in [0.3, 0.4) is 0 Å². The zero-order chi connectivity index (χ0) is 16.2. The van der Waals surface area contributed by atoms with Crippen LogP contribution in [0.5, 0.6) is 0 Å². The van der Waals surface area contributed by atoms with E-state index in [-0.39, 0.29) is 5.91 Å². The Labute approximate surface area is 132 Å². The number of aromatic amines is 1. The maximum atomic E-state index is 12.3. The van der Waals surface area contributed by atoms with Crippen LogP contribution in [0.25, 0.3) is 5.69 Å². The number of H-pyrrole nitrogens is 1. The van der Waals surface area contributed by atoms with Crippen LogP contribution in [0.2, 0.25) is 0 Å². The van der Waals surface area contributed by atoms with Crippen LogP contribution in [0.15, 0.2) is 36.7 Å². The van der Waals surface area contributed by atoms with Gasteiger partial charge in [0.1, 0.15) is 6.33 Å². The Bertz CT molecular complexity index is 792. The van der Waals surface area contributed by atoms with Crippen LogP contribution >= 0.6 is 0 Å². The number of hydrogen-bond acceptors (Lipinski definition) is 5. The average molecular weight is 311 g/mol. The number of carbonyl (C=O) groups excluding carboxylic acids is 1. The molecule has 8 heteroatoms. The molecule has 0 aliphatic heterocycles. The summed E-state index contributed by atoms with van der Waals surface area (Å²) in [5.74, 6) is 0.240. The molecular weight excluding hydrogens is 294 g/mol. The van der Waals surface area contributed by atoms with Crippen LogP contribution in [-0.2, 0) is 6.42 Å². The third-order valence-electron chi connectivity index (χ3n) is 3.21. The molecule has 0 unspecified atom stereocenters. The molecule has 0 radical (unpaired) electrons. The predicted molar refractivity (Wildman–Crippen MR) is 84.2 cm³/mol. The first-order valence-corrected chi connectivity index (χ1v) is 7.31. The highest BCUT2D eigenvalue weighted by molar-refractivity contribution is 6.03. The van der Waals surface area contributed by atoms with Gasteiger partial charge >= 0.3 is 0 Å². The summed E-state index contributed by atoms with van der Waals surface area (Å²) in [5, 5.41) is 20.8. The Hall–Kier alpha value is -3.03. The van der Waals surface area contributed by atoms with Gasteiger partial charge in [-0.1, -0.05) is 19.9 Å². The fourth-order valence-corrected chi connectivity index (χ4v) is 2.22. The maximum Gasteiger partial charge on any atom is 0.276 e. The molecule has 23 heavy (non-hydrogen) atoms. The molecule has 0 spiro atoms. The molecule has 0 saturated carbocycles. The smallest absolute Gasteiger partial charge is 0.276 e. The average Bonchev–Trinajstić information content (AvgIpc) is 3.18. The number of carbonyl (C=O) groups is 1. The number of nitrogens with zero attached hydrogens (tertiary/aromatic N) is 5. The predicted octanol–water partition coefficient (Wildman–Crippen LogP) is 1.84. The van der Waals surface area contributed by atoms with E-state index in [0.29, 0.717) is 17.3 Å². The van der Waals surface area contributed by atoms with Gasteiger partial charge in [0, 0.05) is 11.4 Å². The lowest BCUT2D eigenvalue weighted by Crippen LogP contribution is -2.12. The summed E-state index contributed by atoms with van der Waals surface area (Å²) in [7, 11) is 0. The van der Waals surface area contributed by atoms with Gasteiger partial charge in [-0.2, -0.15) is 5.10 Å². The van der Waals surface area contributed by atoms with Gasteiger partial charge in [-0.3, -0.25) is 9.89 Å². The zero-order valence-electron chi connectivity index (χ0n) is 12.9. The summed E-state index contributed by atoms with van der Waals surface area (Å²) in [6.07, 6.45) is 2.35. The minimum Gasteiger partial charge on any atom is -0.321 e. The van der Waals surface area contributed by atoms with Crippen LogP contribution in [-0.4, -0.2) is 36.3 Å². The zero-order valence-corrected chi connectivity index (χ0v) is 12.9. The number of tetrazole rings is 1. The molecule has 2 aromatic heterocycles. The molecule has 1 aromatic carbocycles. The van der Waals surface area contributed by atoms with E-state index in [0.717, 1.165) is 17.8 Å². The minimum absolute atomic E-state index is 0.259. The van der Waals surface area contributed by atoms with Crippen LogP contribution < -0.4 is 5.32 Å². The van der Waals surface area contributed by atoms with E-state index in [4.69, 9.17) is 0 Å². The lowest BCUT2D eigenvalue weighted by molar-refractivity contribution is 0.102. The Morgan fingerprint density at radius 1 is 1.35 bits per heavy atom. The van der Waals surface area contributed by atoms with Gasteiger partial charge < -0.3 is 5.32 Å². The minimum atomic E-state index is -0.259. The second-order valence-corrected chi connectivity index (χ2v) is 5.64. The van der Waals surface area contributed by atoms with E-state index in [2.05, 4.69) is 44.9 Å². The topological polar surface area (TPSA) is 101 Å². The van der Waals surface area contributed by atoms with Crippen molar-refractivity contribution in [3.05, 3.63) is 48.0 Å². The first-order valence-electron chi connectivity index (χ1n) is 7.31. The van der Waals surface area contributed by atoms with E-state index in [1.165, 1.54) is 11.0 Å². The first-order chi connectivity index (χ1) is 11.1. The van der Waals surface area contributed by atoms with Crippen molar-refractivity contribution in [1.82, 2.24) is 30.4 Å². The molecule has 0 bridgehead atoms. The van der Waals surface area contributed by atoms with E-state index < -0.39 is 0 Å². The number of nitrogens with one attached hydrogen (secondary N) is 2. The van der Waals surface area contributed by atoms with E-state index in [1.807, 2.05) is 12.1 Å². The van der Waals surface area contributed by atoms with Gasteiger partial charge in [-0.25, -0.2) is 4.68 Å². The summed E-state index contributed by atoms with van der Waals surface area (Å²) in [5.41, 5.74) is 2.73. The van der Waals surface area contributed by atoms with Crippen molar-refractivity contribution in [3.63, 3.8) is 0 Å². The van der Waals surface area contributed by atoms with Gasteiger partial charge in [0.05, 0.1) is 5.69 Å². The number of amides is 1. The molecular formula is C15H17N7O.